The fourth-order valence-electron chi connectivity index (χ4n) is 0.963. The van der Waals surface area contributed by atoms with Crippen LogP contribution in [0.3, 0.4) is 0 Å². The molecule has 3 N–H and O–H groups in total. The second kappa shape index (κ2) is 3.23. The molecule has 4 heteroatoms. The van der Waals surface area contributed by atoms with Gasteiger partial charge in [0, 0.05) is 5.56 Å². The first-order chi connectivity index (χ1) is 5.65. The Kier molecular flexibility index (Phi) is 2.30. The highest BCUT2D eigenvalue weighted by atomic mass is 16.5. The molecule has 0 heterocycles. The molecule has 0 atom stereocenters. The van der Waals surface area contributed by atoms with E-state index >= 15 is 0 Å². The van der Waals surface area contributed by atoms with Gasteiger partial charge in [-0.25, -0.2) is 5.48 Å². The molecule has 12 heavy (non-hydrogen) atoms. The van der Waals surface area contributed by atoms with Gasteiger partial charge in [-0.3, -0.25) is 10.0 Å². The van der Waals surface area contributed by atoms with Gasteiger partial charge in [-0.2, -0.15) is 0 Å². The predicted octanol–water partition coefficient (Wildman–Crippen LogP) is 0.820. The Bertz CT molecular complexity index is 309. The third-order valence-electron chi connectivity index (χ3n) is 1.56. The molecule has 4 nitrogen and oxygen atoms in total. The third kappa shape index (κ3) is 1.54. The van der Waals surface area contributed by atoms with Crippen LogP contribution in [-0.2, 0) is 0 Å². The van der Waals surface area contributed by atoms with Crippen molar-refractivity contribution in [2.75, 3.05) is 0 Å². The van der Waals surface area contributed by atoms with E-state index in [-0.39, 0.29) is 5.75 Å². The Morgan fingerprint density at radius 2 is 2.17 bits per heavy atom. The quantitative estimate of drug-likeness (QED) is 0.428. The van der Waals surface area contributed by atoms with Gasteiger partial charge in [-0.05, 0) is 30.7 Å². The summed E-state index contributed by atoms with van der Waals surface area (Å²) in [7, 11) is 0. The minimum atomic E-state index is -0.576. The van der Waals surface area contributed by atoms with E-state index in [1.807, 2.05) is 0 Å². The van der Waals surface area contributed by atoms with Gasteiger partial charge in [0.1, 0.15) is 5.75 Å². The van der Waals surface area contributed by atoms with Gasteiger partial charge in [0.25, 0.3) is 5.91 Å². The van der Waals surface area contributed by atoms with Crippen molar-refractivity contribution >= 4 is 5.91 Å². The van der Waals surface area contributed by atoms with Crippen LogP contribution in [0.15, 0.2) is 18.2 Å². The number of benzene rings is 1. The maximum Gasteiger partial charge on any atom is 0.274 e. The van der Waals surface area contributed by atoms with Gasteiger partial charge < -0.3 is 5.11 Å². The van der Waals surface area contributed by atoms with Crippen LogP contribution in [0.5, 0.6) is 5.75 Å². The normalized spacial score (nSPS) is 9.50. The Morgan fingerprint density at radius 3 is 2.67 bits per heavy atom. The van der Waals surface area contributed by atoms with Gasteiger partial charge in [0.2, 0.25) is 0 Å². The van der Waals surface area contributed by atoms with Crippen molar-refractivity contribution in [3.63, 3.8) is 0 Å². The molecule has 0 aliphatic carbocycles. The molecule has 0 fully saturated rings. The number of hydrogen-bond donors (Lipinski definition) is 3. The smallest absolute Gasteiger partial charge is 0.274 e. The molecule has 0 aromatic heterocycles. The molecule has 0 saturated heterocycles. The van der Waals surface area contributed by atoms with Gasteiger partial charge in [0.05, 0.1) is 0 Å². The lowest BCUT2D eigenvalue weighted by molar-refractivity contribution is 0.0705. The summed E-state index contributed by atoms with van der Waals surface area (Å²) in [6, 6.07) is 4.28. The Morgan fingerprint density at radius 1 is 1.50 bits per heavy atom. The van der Waals surface area contributed by atoms with Crippen molar-refractivity contribution in [3.05, 3.63) is 29.3 Å². The molecular weight excluding hydrogens is 158 g/mol. The maximum atomic E-state index is 10.9. The number of hydrogen-bond acceptors (Lipinski definition) is 3. The summed E-state index contributed by atoms with van der Waals surface area (Å²) in [6.07, 6.45) is 0. The molecule has 1 aromatic carbocycles. The number of amides is 1. The predicted molar refractivity (Wildman–Crippen MR) is 42.1 cm³/mol. The van der Waals surface area contributed by atoms with Crippen LogP contribution < -0.4 is 5.48 Å². The SMILES string of the molecule is Cc1cc(O)ccc1C(=O)NO. The van der Waals surface area contributed by atoms with Crippen molar-refractivity contribution in [3.8, 4) is 5.75 Å². The zero-order valence-corrected chi connectivity index (χ0v) is 6.53. The van der Waals surface area contributed by atoms with Crippen molar-refractivity contribution < 1.29 is 15.1 Å². The van der Waals surface area contributed by atoms with E-state index in [1.54, 1.807) is 6.92 Å². The highest BCUT2D eigenvalue weighted by Gasteiger charge is 2.06. The minimum Gasteiger partial charge on any atom is -0.508 e. The fourth-order valence-corrected chi connectivity index (χ4v) is 0.963. The Balaban J connectivity index is 3.09. The number of aryl methyl sites for hydroxylation is 1. The Labute approximate surface area is 69.4 Å². The molecule has 0 saturated carbocycles. The molecule has 1 aromatic rings. The topological polar surface area (TPSA) is 69.6 Å². The number of rotatable bonds is 1. The first-order valence-electron chi connectivity index (χ1n) is 3.39. The first-order valence-corrected chi connectivity index (χ1v) is 3.39. The van der Waals surface area contributed by atoms with Crippen LogP contribution in [0.1, 0.15) is 15.9 Å². The molecule has 0 spiro atoms. The van der Waals surface area contributed by atoms with Crippen molar-refractivity contribution in [2.45, 2.75) is 6.92 Å². The lowest BCUT2D eigenvalue weighted by Crippen LogP contribution is -2.19. The molecule has 0 radical (unpaired) electrons. The Hall–Kier alpha value is -1.55. The highest BCUT2D eigenvalue weighted by Crippen LogP contribution is 2.14. The summed E-state index contributed by atoms with van der Waals surface area (Å²) < 4.78 is 0. The number of carbonyl (C=O) groups is 1. The standard InChI is InChI=1S/C8H9NO3/c1-5-4-6(10)2-3-7(5)8(11)9-12/h2-4,10,12H,1H3,(H,9,11). The molecule has 1 amide bonds. The summed E-state index contributed by atoms with van der Waals surface area (Å²) in [5.41, 5.74) is 2.48. The second-order valence-electron chi connectivity index (χ2n) is 2.44. The molecule has 64 valence electrons. The van der Waals surface area contributed by atoms with E-state index in [2.05, 4.69) is 0 Å². The van der Waals surface area contributed by atoms with Crippen LogP contribution in [0, 0.1) is 6.92 Å². The van der Waals surface area contributed by atoms with Gasteiger partial charge in [-0.1, -0.05) is 0 Å². The van der Waals surface area contributed by atoms with E-state index in [9.17, 15) is 4.79 Å². The van der Waals surface area contributed by atoms with Crippen LogP contribution in [0.25, 0.3) is 0 Å². The van der Waals surface area contributed by atoms with E-state index < -0.39 is 5.91 Å². The van der Waals surface area contributed by atoms with Crippen LogP contribution in [0.4, 0.5) is 0 Å². The average molecular weight is 167 g/mol. The number of aromatic hydroxyl groups is 1. The number of carbonyl (C=O) groups excluding carboxylic acids is 1. The highest BCUT2D eigenvalue weighted by molar-refractivity contribution is 5.94. The van der Waals surface area contributed by atoms with Crippen LogP contribution in [-0.4, -0.2) is 16.2 Å². The number of nitrogens with one attached hydrogen (secondary N) is 1. The number of phenolic OH excluding ortho intramolecular Hbond substituents is 1. The number of hydroxylamine groups is 1. The average Bonchev–Trinajstić information content (AvgIpc) is 2.03. The molecule has 1 rings (SSSR count). The molecular formula is C8H9NO3. The second-order valence-corrected chi connectivity index (χ2v) is 2.44. The third-order valence-corrected chi connectivity index (χ3v) is 1.56. The minimum absolute atomic E-state index is 0.0991. The summed E-state index contributed by atoms with van der Waals surface area (Å²) in [4.78, 5) is 10.9. The molecule has 0 aliphatic heterocycles. The summed E-state index contributed by atoms with van der Waals surface area (Å²) in [6.45, 7) is 1.67. The van der Waals surface area contributed by atoms with Crippen LogP contribution >= 0.6 is 0 Å². The lowest BCUT2D eigenvalue weighted by Gasteiger charge is -2.02. The molecule has 0 aliphatic rings. The maximum absolute atomic E-state index is 10.9. The van der Waals surface area contributed by atoms with Crippen molar-refractivity contribution in [1.82, 2.24) is 5.48 Å². The first kappa shape index (κ1) is 8.55. The van der Waals surface area contributed by atoms with E-state index in [1.165, 1.54) is 23.7 Å². The van der Waals surface area contributed by atoms with Crippen LogP contribution in [0.2, 0.25) is 0 Å². The monoisotopic (exact) mass is 167 g/mol. The lowest BCUT2D eigenvalue weighted by atomic mass is 10.1. The van der Waals surface area contributed by atoms with Gasteiger partial charge >= 0.3 is 0 Å². The van der Waals surface area contributed by atoms with Gasteiger partial charge in [0.15, 0.2) is 0 Å². The van der Waals surface area contributed by atoms with Gasteiger partial charge in [-0.15, -0.1) is 0 Å². The summed E-state index contributed by atoms with van der Waals surface area (Å²) in [5.74, 6) is -0.477. The van der Waals surface area contributed by atoms with E-state index in [4.69, 9.17) is 10.3 Å². The fraction of sp³-hybridized carbons (Fsp3) is 0.125. The summed E-state index contributed by atoms with van der Waals surface area (Å²) >= 11 is 0. The van der Waals surface area contributed by atoms with Crippen molar-refractivity contribution in [1.29, 1.82) is 0 Å². The largest absolute Gasteiger partial charge is 0.508 e. The zero-order valence-electron chi connectivity index (χ0n) is 6.53. The van der Waals surface area contributed by atoms with Crippen molar-refractivity contribution in [2.24, 2.45) is 0 Å². The molecule has 0 bridgehead atoms. The zero-order chi connectivity index (χ0) is 9.14. The van der Waals surface area contributed by atoms with E-state index in [0.29, 0.717) is 11.1 Å². The summed E-state index contributed by atoms with van der Waals surface area (Å²) in [5, 5.41) is 17.3. The van der Waals surface area contributed by atoms with E-state index in [0.717, 1.165) is 0 Å². The number of phenols is 1. The molecule has 0 unspecified atom stereocenters.